The average Bonchev–Trinajstić information content (AvgIpc) is 2.94. The standard InChI is InChI=1S/C10H14N4O2S/c1-2-14-9(7-3-4-16-5-7)12-13-10(14)17-6-8(11)15/h3-4,7H,2,5-6H2,1H3,(H2,11,15). The molecule has 0 bridgehead atoms. The Labute approximate surface area is 103 Å². The van der Waals surface area contributed by atoms with Gasteiger partial charge in [-0.1, -0.05) is 11.8 Å². The first-order valence-electron chi connectivity index (χ1n) is 5.34. The van der Waals surface area contributed by atoms with E-state index in [1.807, 2.05) is 17.6 Å². The SMILES string of the molecule is CCn1c(SCC(N)=O)nnc1C1C=COC1. The van der Waals surface area contributed by atoms with E-state index in [2.05, 4.69) is 10.2 Å². The van der Waals surface area contributed by atoms with Gasteiger partial charge in [-0.2, -0.15) is 0 Å². The van der Waals surface area contributed by atoms with Gasteiger partial charge in [0.15, 0.2) is 5.16 Å². The van der Waals surface area contributed by atoms with Gasteiger partial charge in [0.25, 0.3) is 0 Å². The minimum atomic E-state index is -0.355. The Morgan fingerprint density at radius 1 is 1.71 bits per heavy atom. The summed E-state index contributed by atoms with van der Waals surface area (Å²) in [6, 6.07) is 0. The van der Waals surface area contributed by atoms with Crippen molar-refractivity contribution in [1.29, 1.82) is 0 Å². The molecule has 7 heteroatoms. The topological polar surface area (TPSA) is 83.0 Å². The van der Waals surface area contributed by atoms with Crippen LogP contribution in [0.1, 0.15) is 18.7 Å². The second-order valence-corrected chi connectivity index (χ2v) is 4.55. The molecule has 1 aliphatic rings. The van der Waals surface area contributed by atoms with Gasteiger partial charge in [-0.15, -0.1) is 10.2 Å². The molecule has 92 valence electrons. The van der Waals surface area contributed by atoms with Crippen molar-refractivity contribution in [2.45, 2.75) is 24.5 Å². The molecule has 17 heavy (non-hydrogen) atoms. The Morgan fingerprint density at radius 2 is 2.53 bits per heavy atom. The van der Waals surface area contributed by atoms with Gasteiger partial charge in [-0.05, 0) is 13.0 Å². The maximum Gasteiger partial charge on any atom is 0.227 e. The van der Waals surface area contributed by atoms with E-state index in [0.717, 1.165) is 17.5 Å². The summed E-state index contributed by atoms with van der Waals surface area (Å²) in [6.45, 7) is 3.37. The maximum absolute atomic E-state index is 10.7. The van der Waals surface area contributed by atoms with Crippen LogP contribution in [0.15, 0.2) is 17.5 Å². The molecule has 6 nitrogen and oxygen atoms in total. The zero-order chi connectivity index (χ0) is 12.3. The fourth-order valence-corrected chi connectivity index (χ4v) is 2.39. The molecular weight excluding hydrogens is 240 g/mol. The minimum absolute atomic E-state index is 0.144. The molecule has 1 aromatic heterocycles. The highest BCUT2D eigenvalue weighted by Gasteiger charge is 2.21. The Morgan fingerprint density at radius 3 is 3.12 bits per heavy atom. The molecule has 0 spiro atoms. The van der Waals surface area contributed by atoms with Crippen molar-refractivity contribution in [3.05, 3.63) is 18.2 Å². The van der Waals surface area contributed by atoms with Crippen molar-refractivity contribution >= 4 is 17.7 Å². The van der Waals surface area contributed by atoms with Crippen LogP contribution < -0.4 is 5.73 Å². The molecule has 0 saturated heterocycles. The van der Waals surface area contributed by atoms with Crippen molar-refractivity contribution in [3.63, 3.8) is 0 Å². The van der Waals surface area contributed by atoms with Gasteiger partial charge in [-0.3, -0.25) is 4.79 Å². The molecule has 2 N–H and O–H groups in total. The lowest BCUT2D eigenvalue weighted by Gasteiger charge is -2.09. The lowest BCUT2D eigenvalue weighted by molar-refractivity contribution is -0.115. The van der Waals surface area contributed by atoms with Crippen LogP contribution in [-0.2, 0) is 16.1 Å². The Balaban J connectivity index is 2.17. The lowest BCUT2D eigenvalue weighted by Crippen LogP contribution is -2.14. The molecule has 1 amide bonds. The number of amides is 1. The van der Waals surface area contributed by atoms with Gasteiger partial charge in [0, 0.05) is 6.54 Å². The van der Waals surface area contributed by atoms with Gasteiger partial charge < -0.3 is 15.0 Å². The fourth-order valence-electron chi connectivity index (χ4n) is 1.64. The molecule has 0 aromatic carbocycles. The van der Waals surface area contributed by atoms with Crippen LogP contribution in [0.5, 0.6) is 0 Å². The molecule has 0 radical (unpaired) electrons. The van der Waals surface area contributed by atoms with E-state index < -0.39 is 0 Å². The normalized spacial score (nSPS) is 18.3. The third kappa shape index (κ3) is 2.60. The first-order chi connectivity index (χ1) is 8.22. The summed E-state index contributed by atoms with van der Waals surface area (Å²) < 4.78 is 7.16. The molecule has 2 rings (SSSR count). The Hall–Kier alpha value is -1.50. The molecule has 1 aromatic rings. The number of aromatic nitrogens is 3. The van der Waals surface area contributed by atoms with Gasteiger partial charge >= 0.3 is 0 Å². The Kier molecular flexibility index (Phi) is 3.68. The number of nitrogens with zero attached hydrogens (tertiary/aromatic N) is 3. The fraction of sp³-hybridized carbons (Fsp3) is 0.500. The highest BCUT2D eigenvalue weighted by atomic mass is 32.2. The number of primary amides is 1. The molecular formula is C10H14N4O2S. The van der Waals surface area contributed by atoms with Crippen molar-refractivity contribution in [3.8, 4) is 0 Å². The summed E-state index contributed by atoms with van der Waals surface area (Å²) in [4.78, 5) is 10.7. The number of carbonyl (C=O) groups is 1. The lowest BCUT2D eigenvalue weighted by atomic mass is 10.1. The summed E-state index contributed by atoms with van der Waals surface area (Å²) in [5.41, 5.74) is 5.11. The van der Waals surface area contributed by atoms with Crippen LogP contribution in [0.25, 0.3) is 0 Å². The third-order valence-corrected chi connectivity index (χ3v) is 3.41. The predicted molar refractivity (Wildman–Crippen MR) is 63.4 cm³/mol. The minimum Gasteiger partial charge on any atom is -0.500 e. The van der Waals surface area contributed by atoms with Gasteiger partial charge in [0.1, 0.15) is 12.4 Å². The number of hydrogen-bond donors (Lipinski definition) is 1. The van der Waals surface area contributed by atoms with Gasteiger partial charge in [-0.25, -0.2) is 0 Å². The first kappa shape index (κ1) is 12.0. The van der Waals surface area contributed by atoms with Crippen LogP contribution in [0, 0.1) is 0 Å². The molecule has 1 unspecified atom stereocenters. The number of carbonyl (C=O) groups excluding carboxylic acids is 1. The van der Waals surface area contributed by atoms with Crippen LogP contribution in [0.4, 0.5) is 0 Å². The van der Waals surface area contributed by atoms with Crippen LogP contribution in [-0.4, -0.2) is 33.0 Å². The van der Waals surface area contributed by atoms with E-state index in [4.69, 9.17) is 10.5 Å². The molecule has 0 fully saturated rings. The summed E-state index contributed by atoms with van der Waals surface area (Å²) in [5.74, 6) is 0.875. The number of rotatable bonds is 5. The highest BCUT2D eigenvalue weighted by Crippen LogP contribution is 2.25. The van der Waals surface area contributed by atoms with E-state index in [-0.39, 0.29) is 17.6 Å². The van der Waals surface area contributed by atoms with Crippen molar-refractivity contribution in [2.75, 3.05) is 12.4 Å². The zero-order valence-electron chi connectivity index (χ0n) is 9.50. The number of thioether (sulfide) groups is 1. The number of ether oxygens (including phenoxy) is 1. The second kappa shape index (κ2) is 5.22. The predicted octanol–water partition coefficient (Wildman–Crippen LogP) is 0.503. The Bertz CT molecular complexity index is 444. The van der Waals surface area contributed by atoms with Crippen molar-refractivity contribution in [1.82, 2.24) is 14.8 Å². The van der Waals surface area contributed by atoms with E-state index in [1.54, 1.807) is 6.26 Å². The molecule has 1 aliphatic heterocycles. The highest BCUT2D eigenvalue weighted by molar-refractivity contribution is 7.99. The van der Waals surface area contributed by atoms with E-state index in [1.165, 1.54) is 11.8 Å². The van der Waals surface area contributed by atoms with E-state index >= 15 is 0 Å². The summed E-state index contributed by atoms with van der Waals surface area (Å²) >= 11 is 1.31. The van der Waals surface area contributed by atoms with Crippen LogP contribution in [0.2, 0.25) is 0 Å². The monoisotopic (exact) mass is 254 g/mol. The van der Waals surface area contributed by atoms with E-state index in [9.17, 15) is 4.79 Å². The third-order valence-electron chi connectivity index (χ3n) is 2.42. The molecule has 1 atom stereocenters. The average molecular weight is 254 g/mol. The van der Waals surface area contributed by atoms with E-state index in [0.29, 0.717) is 6.61 Å². The summed E-state index contributed by atoms with van der Waals surface area (Å²) in [5, 5.41) is 8.96. The van der Waals surface area contributed by atoms with Gasteiger partial charge in [0.2, 0.25) is 5.91 Å². The van der Waals surface area contributed by atoms with Crippen LogP contribution in [0.3, 0.4) is 0 Å². The largest absolute Gasteiger partial charge is 0.500 e. The summed E-state index contributed by atoms with van der Waals surface area (Å²) in [7, 11) is 0. The smallest absolute Gasteiger partial charge is 0.227 e. The second-order valence-electron chi connectivity index (χ2n) is 3.61. The van der Waals surface area contributed by atoms with Crippen molar-refractivity contribution < 1.29 is 9.53 Å². The summed E-state index contributed by atoms with van der Waals surface area (Å²) in [6.07, 6.45) is 3.63. The first-order valence-corrected chi connectivity index (χ1v) is 6.33. The molecule has 0 aliphatic carbocycles. The number of nitrogens with two attached hydrogens (primary N) is 1. The number of hydrogen-bond acceptors (Lipinski definition) is 5. The maximum atomic E-state index is 10.7. The quantitative estimate of drug-likeness (QED) is 0.774. The molecule has 2 heterocycles. The van der Waals surface area contributed by atoms with Crippen LogP contribution >= 0.6 is 11.8 Å². The zero-order valence-corrected chi connectivity index (χ0v) is 10.3. The molecule has 0 saturated carbocycles. The van der Waals surface area contributed by atoms with Gasteiger partial charge in [0.05, 0.1) is 17.9 Å². The van der Waals surface area contributed by atoms with Crippen molar-refractivity contribution in [2.24, 2.45) is 5.73 Å².